The van der Waals surface area contributed by atoms with Gasteiger partial charge in [0.15, 0.2) is 12.6 Å². The monoisotopic (exact) mass is 332 g/mol. The third-order valence-electron chi connectivity index (χ3n) is 3.79. The van der Waals surface area contributed by atoms with Crippen molar-refractivity contribution in [1.29, 1.82) is 0 Å². The number of rotatable bonds is 8. The van der Waals surface area contributed by atoms with Gasteiger partial charge in [0.2, 0.25) is 0 Å². The van der Waals surface area contributed by atoms with Crippen molar-refractivity contribution < 1.29 is 9.53 Å². The number of hydrogen-bond donors (Lipinski definition) is 2. The fraction of sp³-hybridized carbons (Fsp3) is 0.556. The van der Waals surface area contributed by atoms with E-state index >= 15 is 0 Å². The molecule has 2 rings (SSSR count). The summed E-state index contributed by atoms with van der Waals surface area (Å²) in [6, 6.07) is 7.66. The highest BCUT2D eigenvalue weighted by molar-refractivity contribution is 5.97. The zero-order valence-corrected chi connectivity index (χ0v) is 14.7. The maximum absolute atomic E-state index is 12.1. The van der Waals surface area contributed by atoms with E-state index < -0.39 is 0 Å². The standard InChI is InChI=1S/C18H28N4O2/c1-3-5-11-20-18(19-4-2)21-12-8-13-22-15-9-6-7-10-16(15)24-14-17(22)23/h6-7,9-10H,3-5,8,11-14H2,1-2H3,(H2,19,20,21). The van der Waals surface area contributed by atoms with Crippen LogP contribution in [0.3, 0.4) is 0 Å². The van der Waals surface area contributed by atoms with Crippen LogP contribution < -0.4 is 20.3 Å². The largest absolute Gasteiger partial charge is 0.482 e. The van der Waals surface area contributed by atoms with Gasteiger partial charge in [0.1, 0.15) is 5.75 Å². The first-order chi connectivity index (χ1) is 11.8. The van der Waals surface area contributed by atoms with Gasteiger partial charge in [-0.3, -0.25) is 9.79 Å². The molecule has 0 fully saturated rings. The molecule has 132 valence electrons. The number of para-hydroxylation sites is 2. The molecule has 1 aliphatic heterocycles. The molecule has 1 aliphatic rings. The molecule has 24 heavy (non-hydrogen) atoms. The molecule has 0 aromatic heterocycles. The Balaban J connectivity index is 1.86. The predicted molar refractivity (Wildman–Crippen MR) is 97.8 cm³/mol. The van der Waals surface area contributed by atoms with Crippen molar-refractivity contribution in [2.24, 2.45) is 4.99 Å². The van der Waals surface area contributed by atoms with Crippen molar-refractivity contribution in [3.63, 3.8) is 0 Å². The highest BCUT2D eigenvalue weighted by atomic mass is 16.5. The van der Waals surface area contributed by atoms with Crippen molar-refractivity contribution in [2.75, 3.05) is 37.7 Å². The minimum Gasteiger partial charge on any atom is -0.482 e. The molecule has 0 aliphatic carbocycles. The minimum atomic E-state index is 0.00524. The lowest BCUT2D eigenvalue weighted by Crippen LogP contribution is -2.40. The normalized spacial score (nSPS) is 14.2. The lowest BCUT2D eigenvalue weighted by atomic mass is 10.2. The van der Waals surface area contributed by atoms with Crippen molar-refractivity contribution in [2.45, 2.75) is 33.1 Å². The maximum Gasteiger partial charge on any atom is 0.265 e. The van der Waals surface area contributed by atoms with Gasteiger partial charge in [-0.25, -0.2) is 0 Å². The van der Waals surface area contributed by atoms with E-state index in [1.165, 1.54) is 0 Å². The van der Waals surface area contributed by atoms with Gasteiger partial charge in [0.25, 0.3) is 5.91 Å². The molecule has 0 unspecified atom stereocenters. The van der Waals surface area contributed by atoms with E-state index in [1.807, 2.05) is 24.3 Å². The van der Waals surface area contributed by atoms with Crippen LogP contribution in [-0.2, 0) is 4.79 Å². The summed E-state index contributed by atoms with van der Waals surface area (Å²) in [6.07, 6.45) is 3.10. The predicted octanol–water partition coefficient (Wildman–Crippen LogP) is 2.16. The van der Waals surface area contributed by atoms with Gasteiger partial charge in [0, 0.05) is 26.2 Å². The van der Waals surface area contributed by atoms with E-state index in [1.54, 1.807) is 4.90 Å². The van der Waals surface area contributed by atoms with E-state index in [4.69, 9.17) is 4.74 Å². The number of nitrogens with zero attached hydrogens (tertiary/aromatic N) is 2. The Morgan fingerprint density at radius 1 is 1.25 bits per heavy atom. The van der Waals surface area contributed by atoms with Gasteiger partial charge in [-0.2, -0.15) is 0 Å². The molecule has 0 atom stereocenters. The molecule has 1 aromatic carbocycles. The number of aliphatic imine (C=N–C) groups is 1. The second-order valence-electron chi connectivity index (χ2n) is 5.70. The number of amides is 1. The Hall–Kier alpha value is -2.24. The highest BCUT2D eigenvalue weighted by Gasteiger charge is 2.24. The first-order valence-electron chi connectivity index (χ1n) is 8.80. The van der Waals surface area contributed by atoms with Crippen LogP contribution in [0.25, 0.3) is 0 Å². The summed E-state index contributed by atoms with van der Waals surface area (Å²) in [5.74, 6) is 1.63. The Morgan fingerprint density at radius 3 is 2.88 bits per heavy atom. The van der Waals surface area contributed by atoms with Crippen LogP contribution in [-0.4, -0.2) is 44.7 Å². The smallest absolute Gasteiger partial charge is 0.265 e. The number of guanidine groups is 1. The van der Waals surface area contributed by atoms with Crippen molar-refractivity contribution >= 4 is 17.6 Å². The Morgan fingerprint density at radius 2 is 2.08 bits per heavy atom. The molecular weight excluding hydrogens is 304 g/mol. The number of carbonyl (C=O) groups is 1. The molecule has 0 bridgehead atoms. The first-order valence-corrected chi connectivity index (χ1v) is 8.80. The van der Waals surface area contributed by atoms with Crippen LogP contribution in [0.1, 0.15) is 33.1 Å². The molecule has 6 heteroatoms. The zero-order valence-electron chi connectivity index (χ0n) is 14.7. The molecule has 0 radical (unpaired) electrons. The number of fused-ring (bicyclic) bond motifs is 1. The first kappa shape index (κ1) is 18.1. The summed E-state index contributed by atoms with van der Waals surface area (Å²) in [6.45, 7) is 7.43. The number of benzene rings is 1. The van der Waals surface area contributed by atoms with Gasteiger partial charge in [-0.1, -0.05) is 25.5 Å². The van der Waals surface area contributed by atoms with Gasteiger partial charge >= 0.3 is 0 Å². The van der Waals surface area contributed by atoms with E-state index in [0.717, 1.165) is 49.7 Å². The average Bonchev–Trinajstić information content (AvgIpc) is 2.60. The summed E-state index contributed by atoms with van der Waals surface area (Å²) >= 11 is 0. The van der Waals surface area contributed by atoms with Crippen LogP contribution in [0.5, 0.6) is 5.75 Å². The highest BCUT2D eigenvalue weighted by Crippen LogP contribution is 2.31. The van der Waals surface area contributed by atoms with Crippen LogP contribution >= 0.6 is 0 Å². The summed E-state index contributed by atoms with van der Waals surface area (Å²) in [7, 11) is 0. The second kappa shape index (κ2) is 9.80. The summed E-state index contributed by atoms with van der Waals surface area (Å²) in [4.78, 5) is 18.5. The number of nitrogens with one attached hydrogen (secondary N) is 2. The van der Waals surface area contributed by atoms with Gasteiger partial charge < -0.3 is 20.3 Å². The zero-order chi connectivity index (χ0) is 17.2. The molecule has 0 saturated heterocycles. The Labute approximate surface area is 144 Å². The molecule has 0 saturated carbocycles. The van der Waals surface area contributed by atoms with Crippen LogP contribution in [0.4, 0.5) is 5.69 Å². The van der Waals surface area contributed by atoms with Gasteiger partial charge in [-0.05, 0) is 31.9 Å². The number of carbonyl (C=O) groups excluding carboxylic acids is 1. The van der Waals surface area contributed by atoms with E-state index in [-0.39, 0.29) is 12.5 Å². The van der Waals surface area contributed by atoms with Crippen molar-refractivity contribution in [1.82, 2.24) is 10.6 Å². The fourth-order valence-corrected chi connectivity index (χ4v) is 2.54. The lowest BCUT2D eigenvalue weighted by Gasteiger charge is -2.29. The second-order valence-corrected chi connectivity index (χ2v) is 5.70. The fourth-order valence-electron chi connectivity index (χ4n) is 2.54. The summed E-state index contributed by atoms with van der Waals surface area (Å²) in [5, 5.41) is 6.57. The maximum atomic E-state index is 12.1. The molecule has 1 amide bonds. The lowest BCUT2D eigenvalue weighted by molar-refractivity contribution is -0.121. The molecular formula is C18H28N4O2. The Kier molecular flexibility index (Phi) is 7.39. The average molecular weight is 332 g/mol. The van der Waals surface area contributed by atoms with Gasteiger partial charge in [-0.15, -0.1) is 0 Å². The number of unbranched alkanes of at least 4 members (excludes halogenated alkanes) is 1. The number of hydrogen-bond acceptors (Lipinski definition) is 3. The third kappa shape index (κ3) is 5.15. The molecule has 0 spiro atoms. The summed E-state index contributed by atoms with van der Waals surface area (Å²) in [5.41, 5.74) is 0.853. The quantitative estimate of drug-likeness (QED) is 0.435. The van der Waals surface area contributed by atoms with Gasteiger partial charge in [0.05, 0.1) is 5.69 Å². The number of anilines is 1. The van der Waals surface area contributed by atoms with Crippen LogP contribution in [0.15, 0.2) is 29.3 Å². The van der Waals surface area contributed by atoms with Crippen LogP contribution in [0, 0.1) is 0 Å². The molecule has 1 heterocycles. The van der Waals surface area contributed by atoms with E-state index in [0.29, 0.717) is 13.1 Å². The molecule has 6 nitrogen and oxygen atoms in total. The third-order valence-corrected chi connectivity index (χ3v) is 3.79. The summed E-state index contributed by atoms with van der Waals surface area (Å²) < 4.78 is 5.46. The van der Waals surface area contributed by atoms with E-state index in [2.05, 4.69) is 29.5 Å². The van der Waals surface area contributed by atoms with Crippen molar-refractivity contribution in [3.05, 3.63) is 24.3 Å². The van der Waals surface area contributed by atoms with E-state index in [9.17, 15) is 4.79 Å². The SMILES string of the molecule is CCCCNC(=NCCCN1C(=O)COc2ccccc21)NCC. The number of ether oxygens (including phenoxy) is 1. The Bertz CT molecular complexity index is 560. The molecule has 1 aromatic rings. The topological polar surface area (TPSA) is 66.0 Å². The minimum absolute atomic E-state index is 0.00524. The molecule has 2 N–H and O–H groups in total. The van der Waals surface area contributed by atoms with Crippen LogP contribution in [0.2, 0.25) is 0 Å². The van der Waals surface area contributed by atoms with Crippen molar-refractivity contribution in [3.8, 4) is 5.75 Å².